The first-order chi connectivity index (χ1) is 12.0. The number of nitro groups is 1. The maximum absolute atomic E-state index is 14.3. The van der Waals surface area contributed by atoms with Crippen LogP contribution in [0.3, 0.4) is 0 Å². The largest absolute Gasteiger partial charge is 0.348 e. The zero-order valence-corrected chi connectivity index (χ0v) is 15.8. The number of benzene rings is 1. The van der Waals surface area contributed by atoms with E-state index in [1.54, 1.807) is 0 Å². The van der Waals surface area contributed by atoms with E-state index in [1.807, 2.05) is 24.5 Å². The third kappa shape index (κ3) is 3.33. The number of hydrogen-bond donors (Lipinski definition) is 0. The van der Waals surface area contributed by atoms with Gasteiger partial charge in [-0.3, -0.25) is 10.1 Å². The first-order valence-corrected chi connectivity index (χ1v) is 8.83. The monoisotopic (exact) mass is 364 g/mol. The lowest BCUT2D eigenvalue weighted by Gasteiger charge is -2.27. The number of ether oxygens (including phenoxy) is 2. The smallest absolute Gasteiger partial charge is 0.305 e. The molecule has 142 valence electrons. The van der Waals surface area contributed by atoms with Crippen molar-refractivity contribution >= 4 is 16.6 Å². The zero-order valence-electron chi connectivity index (χ0n) is 15.8. The van der Waals surface area contributed by atoms with Crippen molar-refractivity contribution in [2.75, 3.05) is 6.61 Å². The van der Waals surface area contributed by atoms with Crippen molar-refractivity contribution in [2.24, 2.45) is 0 Å². The van der Waals surface area contributed by atoms with E-state index in [0.29, 0.717) is 24.1 Å². The van der Waals surface area contributed by atoms with Gasteiger partial charge >= 0.3 is 5.69 Å². The molecule has 1 aromatic heterocycles. The van der Waals surface area contributed by atoms with E-state index in [9.17, 15) is 14.5 Å². The molecule has 0 aliphatic carbocycles. The molecule has 2 heterocycles. The maximum Gasteiger partial charge on any atom is 0.305 e. The van der Waals surface area contributed by atoms with Gasteiger partial charge in [0.25, 0.3) is 0 Å². The van der Waals surface area contributed by atoms with Gasteiger partial charge in [0.05, 0.1) is 23.6 Å². The summed E-state index contributed by atoms with van der Waals surface area (Å²) < 4.78 is 27.8. The first kappa shape index (κ1) is 18.8. The van der Waals surface area contributed by atoms with E-state index in [2.05, 4.69) is 20.8 Å². The van der Waals surface area contributed by atoms with Gasteiger partial charge in [-0.2, -0.15) is 4.39 Å². The molecule has 0 spiro atoms. The number of fused-ring (bicyclic) bond motifs is 1. The molecule has 1 aliphatic heterocycles. The topological polar surface area (TPSA) is 66.5 Å². The van der Waals surface area contributed by atoms with Crippen LogP contribution in [0.1, 0.15) is 46.7 Å². The van der Waals surface area contributed by atoms with E-state index in [4.69, 9.17) is 9.47 Å². The molecule has 3 rings (SSSR count). The Morgan fingerprint density at radius 3 is 2.62 bits per heavy atom. The summed E-state index contributed by atoms with van der Waals surface area (Å²) in [5.41, 5.74) is 0.970. The summed E-state index contributed by atoms with van der Waals surface area (Å²) in [4.78, 5) is 10.4. The van der Waals surface area contributed by atoms with Gasteiger partial charge < -0.3 is 14.0 Å². The quantitative estimate of drug-likeness (QED) is 0.577. The van der Waals surface area contributed by atoms with Crippen LogP contribution in [0, 0.1) is 15.9 Å². The average Bonchev–Trinajstić information content (AvgIpc) is 3.07. The normalized spacial score (nSPS) is 20.0. The van der Waals surface area contributed by atoms with Crippen molar-refractivity contribution in [3.63, 3.8) is 0 Å². The molecule has 6 nitrogen and oxygen atoms in total. The molecule has 2 aromatic rings. The minimum atomic E-state index is -0.827. The predicted octanol–water partition coefficient (Wildman–Crippen LogP) is 4.53. The van der Waals surface area contributed by atoms with Crippen molar-refractivity contribution in [3.8, 4) is 0 Å². The number of rotatable bonds is 5. The van der Waals surface area contributed by atoms with Crippen LogP contribution >= 0.6 is 0 Å². The molecule has 0 radical (unpaired) electrons. The molecule has 1 aliphatic rings. The van der Waals surface area contributed by atoms with Crippen LogP contribution in [0.2, 0.25) is 0 Å². The Hall–Kier alpha value is -1.99. The summed E-state index contributed by atoms with van der Waals surface area (Å²) in [5.74, 6) is -1.47. The number of nitro benzene ring substituents is 1. The summed E-state index contributed by atoms with van der Waals surface area (Å²) in [6.45, 7) is 11.0. The van der Waals surface area contributed by atoms with Crippen LogP contribution in [0.4, 0.5) is 10.1 Å². The Labute approximate surface area is 152 Å². The maximum atomic E-state index is 14.3. The third-order valence-electron chi connectivity index (χ3n) is 5.20. The Bertz CT molecular complexity index is 857. The fourth-order valence-corrected chi connectivity index (χ4v) is 3.41. The van der Waals surface area contributed by atoms with Crippen molar-refractivity contribution in [1.29, 1.82) is 0 Å². The lowest BCUT2D eigenvalue weighted by Crippen LogP contribution is -2.27. The molecule has 0 saturated carbocycles. The predicted molar refractivity (Wildman–Crippen MR) is 96.8 cm³/mol. The molecule has 1 atom stereocenters. The lowest BCUT2D eigenvalue weighted by atomic mass is 9.86. The van der Waals surface area contributed by atoms with Gasteiger partial charge in [0.2, 0.25) is 5.82 Å². The molecule has 0 N–H and O–H groups in total. The summed E-state index contributed by atoms with van der Waals surface area (Å²) in [5, 5.41) is 11.7. The van der Waals surface area contributed by atoms with Crippen LogP contribution in [0.15, 0.2) is 18.2 Å². The highest BCUT2D eigenvalue weighted by Gasteiger charge is 2.34. The molecular formula is C19H25FN2O4. The molecule has 0 bridgehead atoms. The minimum Gasteiger partial charge on any atom is -0.348 e. The Morgan fingerprint density at radius 1 is 1.38 bits per heavy atom. The number of nitrogens with zero attached hydrogens (tertiary/aromatic N) is 2. The van der Waals surface area contributed by atoms with Crippen molar-refractivity contribution in [3.05, 3.63) is 39.8 Å². The average molecular weight is 364 g/mol. The molecule has 1 saturated heterocycles. The van der Waals surface area contributed by atoms with Gasteiger partial charge in [0, 0.05) is 28.6 Å². The molecule has 26 heavy (non-hydrogen) atoms. The standard InChI is InChI=1S/C19H25FN2O4/c1-6-18(2,3)17-8-12-7-16(22(23)24)14(20)9-15(12)21(17)10-13-11-25-19(4,5)26-13/h7-9,13H,6,10-11H2,1-5H3/t13-/m1/s1. The van der Waals surface area contributed by atoms with Crippen LogP contribution in [0.25, 0.3) is 10.9 Å². The van der Waals surface area contributed by atoms with Gasteiger partial charge in [0.15, 0.2) is 5.79 Å². The fraction of sp³-hybridized carbons (Fsp3) is 0.579. The highest BCUT2D eigenvalue weighted by molar-refractivity contribution is 5.84. The second-order valence-corrected chi connectivity index (χ2v) is 7.95. The highest BCUT2D eigenvalue weighted by Crippen LogP contribution is 2.36. The Kier molecular flexibility index (Phi) is 4.56. The van der Waals surface area contributed by atoms with Gasteiger partial charge in [0.1, 0.15) is 6.10 Å². The second-order valence-electron chi connectivity index (χ2n) is 7.95. The lowest BCUT2D eigenvalue weighted by molar-refractivity contribution is -0.387. The van der Waals surface area contributed by atoms with Gasteiger partial charge in [-0.15, -0.1) is 0 Å². The highest BCUT2D eigenvalue weighted by atomic mass is 19.1. The number of aromatic nitrogens is 1. The van der Waals surface area contributed by atoms with Crippen LogP contribution in [-0.2, 0) is 21.4 Å². The Morgan fingerprint density at radius 2 is 2.08 bits per heavy atom. The van der Waals surface area contributed by atoms with E-state index in [1.165, 1.54) is 12.1 Å². The third-order valence-corrected chi connectivity index (χ3v) is 5.20. The molecule has 1 fully saturated rings. The minimum absolute atomic E-state index is 0.162. The molecule has 0 amide bonds. The molecule has 1 aromatic carbocycles. The van der Waals surface area contributed by atoms with Crippen molar-refractivity contribution < 1.29 is 18.8 Å². The SMILES string of the molecule is CCC(C)(C)c1cc2cc([N+](=O)[O-])c(F)cc2n1C[C@@H]1COC(C)(C)O1. The van der Waals surface area contributed by atoms with Crippen LogP contribution in [0.5, 0.6) is 0 Å². The summed E-state index contributed by atoms with van der Waals surface area (Å²) in [7, 11) is 0. The zero-order chi connectivity index (χ0) is 19.3. The van der Waals surface area contributed by atoms with Gasteiger partial charge in [-0.25, -0.2) is 0 Å². The van der Waals surface area contributed by atoms with Crippen LogP contribution in [-0.4, -0.2) is 28.0 Å². The van der Waals surface area contributed by atoms with E-state index in [0.717, 1.165) is 12.1 Å². The van der Waals surface area contributed by atoms with E-state index in [-0.39, 0.29) is 11.5 Å². The first-order valence-electron chi connectivity index (χ1n) is 8.83. The second kappa shape index (κ2) is 6.32. The fourth-order valence-electron chi connectivity index (χ4n) is 3.41. The van der Waals surface area contributed by atoms with E-state index >= 15 is 0 Å². The number of hydrogen-bond acceptors (Lipinski definition) is 4. The Balaban J connectivity index is 2.13. The molecule has 7 heteroatoms. The van der Waals surface area contributed by atoms with E-state index < -0.39 is 22.2 Å². The van der Waals surface area contributed by atoms with Crippen molar-refractivity contribution in [1.82, 2.24) is 4.57 Å². The number of halogens is 1. The van der Waals surface area contributed by atoms with Crippen LogP contribution < -0.4 is 0 Å². The molecule has 0 unspecified atom stereocenters. The molecular weight excluding hydrogens is 339 g/mol. The van der Waals surface area contributed by atoms with Crippen molar-refractivity contribution in [2.45, 2.75) is 64.9 Å². The summed E-state index contributed by atoms with van der Waals surface area (Å²) in [6, 6.07) is 4.49. The van der Waals surface area contributed by atoms with Gasteiger partial charge in [-0.05, 0) is 26.3 Å². The summed E-state index contributed by atoms with van der Waals surface area (Å²) >= 11 is 0. The van der Waals surface area contributed by atoms with Gasteiger partial charge in [-0.1, -0.05) is 20.8 Å². The summed E-state index contributed by atoms with van der Waals surface area (Å²) in [6.07, 6.45) is 0.715.